The number of hydrogen-bond acceptors (Lipinski definition) is 3. The lowest BCUT2D eigenvalue weighted by Gasteiger charge is -2.10. The SMILES string of the molecule is O=C(NCCC1CCCN1)c1ccncc1F. The highest BCUT2D eigenvalue weighted by Crippen LogP contribution is 2.08. The van der Waals surface area contributed by atoms with Crippen molar-refractivity contribution < 1.29 is 9.18 Å². The zero-order chi connectivity index (χ0) is 12.1. The smallest absolute Gasteiger partial charge is 0.254 e. The molecule has 17 heavy (non-hydrogen) atoms. The molecule has 1 aliphatic rings. The molecule has 0 spiro atoms. The number of amides is 1. The average Bonchev–Trinajstić information content (AvgIpc) is 2.82. The summed E-state index contributed by atoms with van der Waals surface area (Å²) in [6, 6.07) is 1.87. The van der Waals surface area contributed by atoms with Gasteiger partial charge in [-0.1, -0.05) is 0 Å². The van der Waals surface area contributed by atoms with E-state index in [0.29, 0.717) is 12.6 Å². The first kappa shape index (κ1) is 12.0. The molecule has 0 aromatic carbocycles. The first-order valence-corrected chi connectivity index (χ1v) is 5.88. The van der Waals surface area contributed by atoms with Crippen LogP contribution in [0.15, 0.2) is 18.5 Å². The van der Waals surface area contributed by atoms with E-state index >= 15 is 0 Å². The van der Waals surface area contributed by atoms with Crippen LogP contribution in [-0.2, 0) is 0 Å². The van der Waals surface area contributed by atoms with Gasteiger partial charge in [-0.25, -0.2) is 4.39 Å². The first-order chi connectivity index (χ1) is 8.27. The molecule has 0 radical (unpaired) electrons. The third-order valence-electron chi connectivity index (χ3n) is 2.96. The zero-order valence-electron chi connectivity index (χ0n) is 9.58. The Bertz CT molecular complexity index is 391. The van der Waals surface area contributed by atoms with Crippen LogP contribution in [0.5, 0.6) is 0 Å². The van der Waals surface area contributed by atoms with Crippen LogP contribution in [0.3, 0.4) is 0 Å². The van der Waals surface area contributed by atoms with Crippen molar-refractivity contribution in [2.24, 2.45) is 0 Å². The average molecular weight is 237 g/mol. The number of aromatic nitrogens is 1. The van der Waals surface area contributed by atoms with E-state index in [4.69, 9.17) is 0 Å². The fourth-order valence-electron chi connectivity index (χ4n) is 2.02. The molecule has 1 aliphatic heterocycles. The summed E-state index contributed by atoms with van der Waals surface area (Å²) in [4.78, 5) is 15.2. The highest BCUT2D eigenvalue weighted by molar-refractivity contribution is 5.94. The van der Waals surface area contributed by atoms with E-state index in [1.165, 1.54) is 18.7 Å². The Balaban J connectivity index is 1.79. The van der Waals surface area contributed by atoms with Crippen LogP contribution in [0.2, 0.25) is 0 Å². The molecule has 1 aromatic heterocycles. The molecule has 2 heterocycles. The lowest BCUT2D eigenvalue weighted by Crippen LogP contribution is -2.31. The van der Waals surface area contributed by atoms with E-state index in [-0.39, 0.29) is 11.5 Å². The van der Waals surface area contributed by atoms with Crippen molar-refractivity contribution in [2.75, 3.05) is 13.1 Å². The molecule has 2 N–H and O–H groups in total. The van der Waals surface area contributed by atoms with E-state index in [1.54, 1.807) is 0 Å². The van der Waals surface area contributed by atoms with Gasteiger partial charge in [0.25, 0.3) is 5.91 Å². The Morgan fingerprint density at radius 2 is 2.53 bits per heavy atom. The maximum Gasteiger partial charge on any atom is 0.254 e. The van der Waals surface area contributed by atoms with E-state index in [2.05, 4.69) is 15.6 Å². The van der Waals surface area contributed by atoms with E-state index in [9.17, 15) is 9.18 Å². The van der Waals surface area contributed by atoms with Gasteiger partial charge in [0.15, 0.2) is 5.82 Å². The van der Waals surface area contributed by atoms with Crippen LogP contribution in [-0.4, -0.2) is 30.0 Å². The summed E-state index contributed by atoms with van der Waals surface area (Å²) < 4.78 is 13.2. The standard InChI is InChI=1S/C12H16FN3O/c13-11-8-14-6-4-10(11)12(17)16-7-3-9-2-1-5-15-9/h4,6,8-9,15H,1-3,5,7H2,(H,16,17). The van der Waals surface area contributed by atoms with E-state index in [0.717, 1.165) is 25.6 Å². The van der Waals surface area contributed by atoms with Crippen LogP contribution >= 0.6 is 0 Å². The number of carbonyl (C=O) groups is 1. The summed E-state index contributed by atoms with van der Waals surface area (Å²) in [6.07, 6.45) is 5.69. The third kappa shape index (κ3) is 3.23. The van der Waals surface area contributed by atoms with Crippen molar-refractivity contribution in [1.29, 1.82) is 0 Å². The summed E-state index contributed by atoms with van der Waals surface area (Å²) >= 11 is 0. The molecule has 1 unspecified atom stereocenters. The fourth-order valence-corrected chi connectivity index (χ4v) is 2.02. The molecule has 1 fully saturated rings. The van der Waals surface area contributed by atoms with Gasteiger partial charge in [0.1, 0.15) is 0 Å². The summed E-state index contributed by atoms with van der Waals surface area (Å²) in [6.45, 7) is 1.62. The maximum absolute atomic E-state index is 13.2. The number of nitrogens with zero attached hydrogens (tertiary/aromatic N) is 1. The number of hydrogen-bond donors (Lipinski definition) is 2. The second-order valence-corrected chi connectivity index (χ2v) is 4.19. The zero-order valence-corrected chi connectivity index (χ0v) is 9.58. The van der Waals surface area contributed by atoms with E-state index < -0.39 is 5.82 Å². The van der Waals surface area contributed by atoms with Crippen molar-refractivity contribution >= 4 is 5.91 Å². The Kier molecular flexibility index (Phi) is 4.03. The fraction of sp³-hybridized carbons (Fsp3) is 0.500. The molecule has 1 atom stereocenters. The second-order valence-electron chi connectivity index (χ2n) is 4.19. The predicted molar refractivity (Wildman–Crippen MR) is 62.2 cm³/mol. The van der Waals surface area contributed by atoms with Crippen LogP contribution in [0.4, 0.5) is 4.39 Å². The van der Waals surface area contributed by atoms with Crippen LogP contribution in [0, 0.1) is 5.82 Å². The number of rotatable bonds is 4. The van der Waals surface area contributed by atoms with Gasteiger partial charge in [0.2, 0.25) is 0 Å². The molecule has 4 nitrogen and oxygen atoms in total. The van der Waals surface area contributed by atoms with Crippen molar-refractivity contribution in [3.8, 4) is 0 Å². The Labute approximate surface area is 99.6 Å². The Morgan fingerprint density at radius 1 is 1.65 bits per heavy atom. The summed E-state index contributed by atoms with van der Waals surface area (Å²) in [5.74, 6) is -0.952. The lowest BCUT2D eigenvalue weighted by molar-refractivity contribution is 0.0948. The molecule has 1 aromatic rings. The van der Waals surface area contributed by atoms with Gasteiger partial charge in [-0.05, 0) is 31.9 Å². The normalized spacial score (nSPS) is 19.2. The van der Waals surface area contributed by atoms with Crippen molar-refractivity contribution in [3.05, 3.63) is 29.8 Å². The molecule has 0 saturated carbocycles. The van der Waals surface area contributed by atoms with Gasteiger partial charge in [0, 0.05) is 18.8 Å². The van der Waals surface area contributed by atoms with Crippen molar-refractivity contribution in [3.63, 3.8) is 0 Å². The van der Waals surface area contributed by atoms with Gasteiger partial charge < -0.3 is 10.6 Å². The predicted octanol–water partition coefficient (Wildman–Crippen LogP) is 1.09. The van der Waals surface area contributed by atoms with Gasteiger partial charge >= 0.3 is 0 Å². The first-order valence-electron chi connectivity index (χ1n) is 5.88. The maximum atomic E-state index is 13.2. The molecule has 0 aliphatic carbocycles. The number of halogens is 1. The number of carbonyl (C=O) groups excluding carboxylic acids is 1. The van der Waals surface area contributed by atoms with Crippen molar-refractivity contribution in [2.45, 2.75) is 25.3 Å². The van der Waals surface area contributed by atoms with E-state index in [1.807, 2.05) is 0 Å². The number of nitrogens with one attached hydrogen (secondary N) is 2. The van der Waals surface area contributed by atoms with Gasteiger partial charge in [-0.15, -0.1) is 0 Å². The molecule has 5 heteroatoms. The van der Waals surface area contributed by atoms with Gasteiger partial charge in [-0.3, -0.25) is 9.78 Å². The highest BCUT2D eigenvalue weighted by Gasteiger charge is 2.15. The topological polar surface area (TPSA) is 54.0 Å². The lowest BCUT2D eigenvalue weighted by atomic mass is 10.1. The minimum absolute atomic E-state index is 0.0550. The third-order valence-corrected chi connectivity index (χ3v) is 2.96. The quantitative estimate of drug-likeness (QED) is 0.824. The molecule has 2 rings (SSSR count). The van der Waals surface area contributed by atoms with Crippen LogP contribution in [0.1, 0.15) is 29.6 Å². The molecule has 92 valence electrons. The Hall–Kier alpha value is -1.49. The molecule has 0 bridgehead atoms. The minimum atomic E-state index is -0.580. The van der Waals surface area contributed by atoms with Crippen LogP contribution < -0.4 is 10.6 Å². The summed E-state index contributed by atoms with van der Waals surface area (Å²) in [5, 5.41) is 6.07. The minimum Gasteiger partial charge on any atom is -0.352 e. The molecular formula is C12H16FN3O. The van der Waals surface area contributed by atoms with Gasteiger partial charge in [-0.2, -0.15) is 0 Å². The molecule has 1 saturated heterocycles. The Morgan fingerprint density at radius 3 is 3.24 bits per heavy atom. The summed E-state index contributed by atoms with van der Waals surface area (Å²) in [7, 11) is 0. The van der Waals surface area contributed by atoms with Crippen LogP contribution in [0.25, 0.3) is 0 Å². The highest BCUT2D eigenvalue weighted by atomic mass is 19.1. The second kappa shape index (κ2) is 5.72. The molecular weight excluding hydrogens is 221 g/mol. The monoisotopic (exact) mass is 237 g/mol. The molecule has 1 amide bonds. The van der Waals surface area contributed by atoms with Crippen molar-refractivity contribution in [1.82, 2.24) is 15.6 Å². The number of pyridine rings is 1. The largest absolute Gasteiger partial charge is 0.352 e. The van der Waals surface area contributed by atoms with Gasteiger partial charge in [0.05, 0.1) is 11.8 Å². The summed E-state index contributed by atoms with van der Waals surface area (Å²) in [5.41, 5.74) is 0.0550.